The maximum Gasteiger partial charge on any atom is 0.310 e. The summed E-state index contributed by atoms with van der Waals surface area (Å²) in [7, 11) is 0. The molecule has 3 aliphatic heterocycles. The molecule has 186 valence electrons. The molecule has 9 heteroatoms. The lowest BCUT2D eigenvalue weighted by atomic mass is 9.70. The third-order valence-electron chi connectivity index (χ3n) is 7.26. The van der Waals surface area contributed by atoms with Crippen molar-refractivity contribution in [2.45, 2.75) is 88.5 Å². The van der Waals surface area contributed by atoms with Crippen molar-refractivity contribution in [1.29, 1.82) is 0 Å². The smallest absolute Gasteiger partial charge is 0.310 e. The molecule has 3 fully saturated rings. The van der Waals surface area contributed by atoms with Gasteiger partial charge in [0, 0.05) is 16.9 Å². The van der Waals surface area contributed by atoms with E-state index >= 15 is 0 Å². The van der Waals surface area contributed by atoms with Gasteiger partial charge in [0.15, 0.2) is 0 Å². The normalized spacial score (nSPS) is 34.4. The summed E-state index contributed by atoms with van der Waals surface area (Å²) in [4.78, 5) is 42.9. The fourth-order valence-corrected chi connectivity index (χ4v) is 7.44. The molecule has 8 nitrogen and oxygen atoms in total. The summed E-state index contributed by atoms with van der Waals surface area (Å²) in [5.74, 6) is -3.85. The molecule has 3 heterocycles. The van der Waals surface area contributed by atoms with E-state index in [0.29, 0.717) is 12.8 Å². The van der Waals surface area contributed by atoms with E-state index in [-0.39, 0.29) is 29.3 Å². The number of hydrogen-bond donors (Lipinski definition) is 2. The maximum absolute atomic E-state index is 14.3. The van der Waals surface area contributed by atoms with Crippen LogP contribution in [0.1, 0.15) is 54.4 Å². The number of aliphatic carboxylic acids is 1. The minimum Gasteiger partial charge on any atom is -0.481 e. The summed E-state index contributed by atoms with van der Waals surface area (Å²) in [6.45, 7) is 15.7. The van der Waals surface area contributed by atoms with Gasteiger partial charge in [0.2, 0.25) is 11.8 Å². The standard InChI is InChI=1S/C24H37BrN2O6/c1-8-9-26(23(6,7)12-22(3,4)5)20(30)18-24-10-14(25)17(33-24)15(21(31)32)16(24)19(29)27(18)13(2)11-28/h8,13-18,28H,1,9-12H2,2-7H3,(H,31,32)/t13-,14?,15+,16-,17+,18+,24-/m1/s1. The van der Waals surface area contributed by atoms with Crippen LogP contribution in [0, 0.1) is 17.3 Å². The number of rotatable bonds is 8. The molecule has 7 atom stereocenters. The van der Waals surface area contributed by atoms with E-state index in [1.54, 1.807) is 17.9 Å². The molecular formula is C24H37BrN2O6. The Balaban J connectivity index is 2.13. The highest BCUT2D eigenvalue weighted by Crippen LogP contribution is 2.60. The average molecular weight is 529 g/mol. The topological polar surface area (TPSA) is 107 Å². The minimum absolute atomic E-state index is 0.0642. The SMILES string of the molecule is C=CCN(C(=O)[C@@H]1N([C@H](C)CO)C(=O)[C@H]2[C@H](C(=O)O)[C@H]3O[C@@]12CC3Br)C(C)(C)CC(C)(C)C. The van der Waals surface area contributed by atoms with E-state index < -0.39 is 53.0 Å². The van der Waals surface area contributed by atoms with Crippen LogP contribution in [0.15, 0.2) is 12.7 Å². The zero-order valence-corrected chi connectivity index (χ0v) is 22.0. The lowest BCUT2D eigenvalue weighted by Crippen LogP contribution is -2.62. The highest BCUT2D eigenvalue weighted by Gasteiger charge is 2.77. The van der Waals surface area contributed by atoms with E-state index in [1.807, 2.05) is 13.8 Å². The summed E-state index contributed by atoms with van der Waals surface area (Å²) < 4.78 is 6.30. The van der Waals surface area contributed by atoms with Crippen molar-refractivity contribution >= 4 is 33.7 Å². The molecule has 0 aromatic carbocycles. The van der Waals surface area contributed by atoms with Gasteiger partial charge < -0.3 is 24.7 Å². The molecule has 2 bridgehead atoms. The highest BCUT2D eigenvalue weighted by molar-refractivity contribution is 9.09. The van der Waals surface area contributed by atoms with Crippen LogP contribution in [0.5, 0.6) is 0 Å². The van der Waals surface area contributed by atoms with Crippen LogP contribution in [0.25, 0.3) is 0 Å². The summed E-state index contributed by atoms with van der Waals surface area (Å²) in [6.07, 6.45) is 2.03. The lowest BCUT2D eigenvalue weighted by Gasteiger charge is -2.46. The average Bonchev–Trinajstić information content (AvgIpc) is 3.26. The number of hydrogen-bond acceptors (Lipinski definition) is 5. The Morgan fingerprint density at radius 1 is 1.36 bits per heavy atom. The first-order valence-electron chi connectivity index (χ1n) is 11.5. The van der Waals surface area contributed by atoms with E-state index in [0.717, 1.165) is 0 Å². The van der Waals surface area contributed by atoms with Crippen LogP contribution in [0.2, 0.25) is 0 Å². The van der Waals surface area contributed by atoms with Gasteiger partial charge in [0.1, 0.15) is 11.6 Å². The first kappa shape index (κ1) is 26.2. The lowest BCUT2D eigenvalue weighted by molar-refractivity contribution is -0.156. The zero-order chi connectivity index (χ0) is 25.1. The molecule has 0 aromatic heterocycles. The van der Waals surface area contributed by atoms with Gasteiger partial charge in [0.25, 0.3) is 0 Å². The van der Waals surface area contributed by atoms with Crippen molar-refractivity contribution in [3.8, 4) is 0 Å². The summed E-state index contributed by atoms with van der Waals surface area (Å²) in [6, 6.07) is -1.68. The number of aliphatic hydroxyl groups excluding tert-OH is 1. The first-order valence-corrected chi connectivity index (χ1v) is 12.4. The van der Waals surface area contributed by atoms with Gasteiger partial charge in [-0.3, -0.25) is 14.4 Å². The van der Waals surface area contributed by atoms with E-state index in [9.17, 15) is 24.6 Å². The molecule has 3 rings (SSSR count). The first-order chi connectivity index (χ1) is 15.1. The third kappa shape index (κ3) is 4.14. The molecule has 0 radical (unpaired) electrons. The van der Waals surface area contributed by atoms with E-state index in [1.165, 1.54) is 4.90 Å². The number of carboxylic acids is 1. The molecule has 0 aliphatic carbocycles. The minimum atomic E-state index is -1.25. The molecule has 2 N–H and O–H groups in total. The van der Waals surface area contributed by atoms with Gasteiger partial charge in [0.05, 0.1) is 30.6 Å². The molecule has 1 spiro atoms. The fourth-order valence-electron chi connectivity index (χ4n) is 6.50. The Morgan fingerprint density at radius 3 is 2.45 bits per heavy atom. The Labute approximate surface area is 204 Å². The predicted octanol–water partition coefficient (Wildman–Crippen LogP) is 2.43. The van der Waals surface area contributed by atoms with Crippen molar-refractivity contribution in [2.24, 2.45) is 17.3 Å². The maximum atomic E-state index is 14.3. The summed E-state index contributed by atoms with van der Waals surface area (Å²) >= 11 is 3.54. The Morgan fingerprint density at radius 2 is 1.97 bits per heavy atom. The zero-order valence-electron chi connectivity index (χ0n) is 20.4. The molecule has 1 unspecified atom stereocenters. The molecule has 3 saturated heterocycles. The number of carbonyl (C=O) groups excluding carboxylic acids is 2. The number of ether oxygens (including phenoxy) is 1. The van der Waals surface area contributed by atoms with Crippen LogP contribution >= 0.6 is 15.9 Å². The van der Waals surface area contributed by atoms with Gasteiger partial charge >= 0.3 is 5.97 Å². The summed E-state index contributed by atoms with van der Waals surface area (Å²) in [5, 5.41) is 19.9. The fraction of sp³-hybridized carbons (Fsp3) is 0.792. The molecular weight excluding hydrogens is 492 g/mol. The molecule has 3 aliphatic rings. The van der Waals surface area contributed by atoms with E-state index in [4.69, 9.17) is 4.74 Å². The monoisotopic (exact) mass is 528 g/mol. The molecule has 2 amide bonds. The van der Waals surface area contributed by atoms with Crippen LogP contribution in [0.3, 0.4) is 0 Å². The van der Waals surface area contributed by atoms with Gasteiger partial charge in [-0.2, -0.15) is 0 Å². The number of amides is 2. The number of likely N-dealkylation sites (tertiary alicyclic amines) is 1. The quantitative estimate of drug-likeness (QED) is 0.370. The van der Waals surface area contributed by atoms with Crippen molar-refractivity contribution in [2.75, 3.05) is 13.2 Å². The Hall–Kier alpha value is -1.45. The third-order valence-corrected chi connectivity index (χ3v) is 8.10. The molecule has 0 aromatic rings. The van der Waals surface area contributed by atoms with Gasteiger partial charge in [-0.25, -0.2) is 0 Å². The van der Waals surface area contributed by atoms with Crippen molar-refractivity contribution < 1.29 is 29.3 Å². The van der Waals surface area contributed by atoms with Gasteiger partial charge in [-0.1, -0.05) is 42.8 Å². The molecule has 0 saturated carbocycles. The second kappa shape index (κ2) is 8.64. The number of fused-ring (bicyclic) bond motifs is 1. The van der Waals surface area contributed by atoms with Crippen molar-refractivity contribution in [1.82, 2.24) is 9.80 Å². The number of nitrogens with zero attached hydrogens (tertiary/aromatic N) is 2. The second-order valence-corrected chi connectivity index (χ2v) is 12.7. The van der Waals surface area contributed by atoms with Crippen LogP contribution in [0.4, 0.5) is 0 Å². The largest absolute Gasteiger partial charge is 0.481 e. The van der Waals surface area contributed by atoms with Gasteiger partial charge in [-0.15, -0.1) is 6.58 Å². The number of halogens is 1. The Kier molecular flexibility index (Phi) is 6.85. The van der Waals surface area contributed by atoms with E-state index in [2.05, 4.69) is 43.3 Å². The van der Waals surface area contributed by atoms with Crippen LogP contribution in [-0.4, -0.2) is 85.1 Å². The van der Waals surface area contributed by atoms with Crippen LogP contribution in [-0.2, 0) is 19.1 Å². The van der Waals surface area contributed by atoms with Gasteiger partial charge in [-0.05, 0) is 39.0 Å². The predicted molar refractivity (Wildman–Crippen MR) is 127 cm³/mol. The van der Waals surface area contributed by atoms with Crippen LogP contribution < -0.4 is 0 Å². The summed E-state index contributed by atoms with van der Waals surface area (Å²) in [5.41, 5.74) is -1.88. The molecule has 33 heavy (non-hydrogen) atoms. The number of alkyl halides is 1. The number of carboxylic acid groups (broad SMARTS) is 1. The number of aliphatic hydroxyl groups is 1. The number of carbonyl (C=O) groups is 3. The highest BCUT2D eigenvalue weighted by atomic mass is 79.9. The Bertz CT molecular complexity index is 839. The van der Waals surface area contributed by atoms with Crippen molar-refractivity contribution in [3.05, 3.63) is 12.7 Å². The second-order valence-electron chi connectivity index (χ2n) is 11.6. The van der Waals surface area contributed by atoms with Crippen molar-refractivity contribution in [3.63, 3.8) is 0 Å².